The zero-order chi connectivity index (χ0) is 37.5. The summed E-state index contributed by atoms with van der Waals surface area (Å²) in [6.07, 6.45) is 0.0645. The zero-order valence-electron chi connectivity index (χ0n) is 30.4. The number of carbonyl (C=O) groups is 4. The maximum Gasteiger partial charge on any atom is 0.263 e. The third-order valence-corrected chi connectivity index (χ3v) is 8.94. The maximum atomic E-state index is 14.1. The number of carbonyl (C=O) groups excluding carboxylic acids is 4. The molecule has 6 rings (SSSR count). The molecule has 0 unspecified atom stereocenters. The Bertz CT molecular complexity index is 1990. The van der Waals surface area contributed by atoms with Crippen molar-refractivity contribution in [2.45, 2.75) is 79.2 Å². The lowest BCUT2D eigenvalue weighted by atomic mass is 10.00. The number of aromatic nitrogens is 4. The highest BCUT2D eigenvalue weighted by Crippen LogP contribution is 2.20. The highest BCUT2D eigenvalue weighted by molar-refractivity contribution is 5.99. The van der Waals surface area contributed by atoms with Gasteiger partial charge in [0.25, 0.3) is 11.5 Å². The first kappa shape index (κ1) is 37.5. The SMILES string of the molecule is CCn1c(C)cc(C)c(C(=O)N[C@H]2Cc3ccc(cc3)OCCNC(=O)Cn3nc(-c4ccccc4)nc3[C@H](C)NC(=O)[C@@H](C(C)C)NC2=O)c1=O. The van der Waals surface area contributed by atoms with Crippen LogP contribution in [0.2, 0.25) is 0 Å². The number of hydrogen-bond donors (Lipinski definition) is 4. The Morgan fingerprint density at radius 1 is 1.00 bits per heavy atom. The van der Waals surface area contributed by atoms with Crippen molar-refractivity contribution in [2.75, 3.05) is 13.2 Å². The van der Waals surface area contributed by atoms with Crippen LogP contribution in [-0.4, -0.2) is 68.2 Å². The van der Waals surface area contributed by atoms with Crippen LogP contribution in [0.3, 0.4) is 0 Å². The largest absolute Gasteiger partial charge is 0.492 e. The number of amides is 4. The normalized spacial score (nSPS) is 18.8. The lowest BCUT2D eigenvalue weighted by Crippen LogP contribution is -2.56. The summed E-state index contributed by atoms with van der Waals surface area (Å²) in [6, 6.07) is 15.2. The molecule has 0 aliphatic carbocycles. The second-order valence-corrected chi connectivity index (χ2v) is 13.2. The molecule has 14 heteroatoms. The summed E-state index contributed by atoms with van der Waals surface area (Å²) in [4.78, 5) is 72.7. The molecular formula is C38H46N8O6. The Labute approximate surface area is 302 Å². The standard InChI is InChI=1S/C38H46N8O6/c1-7-45-24(5)19-23(4)31(38(45)51)36(49)41-29-20-26-13-15-28(16-14-26)52-18-17-39-30(47)21-46-34(43-33(44-46)27-11-9-8-10-12-27)25(6)40-37(50)32(22(2)3)42-35(29)48/h8-16,19,22,25,29,32H,7,17-18,20-21H2,1-6H3,(H,39,47)(H,40,50)(H,41,49)(H,42,48)/t25-,29-,32+/m0/s1. The molecule has 4 aromatic rings. The van der Waals surface area contributed by atoms with E-state index in [1.807, 2.05) is 37.3 Å². The molecule has 2 aliphatic rings. The predicted octanol–water partition coefficient (Wildman–Crippen LogP) is 2.61. The molecule has 4 N–H and O–H groups in total. The van der Waals surface area contributed by atoms with Crippen LogP contribution in [0.4, 0.5) is 0 Å². The summed E-state index contributed by atoms with van der Waals surface area (Å²) >= 11 is 0. The van der Waals surface area contributed by atoms with Crippen LogP contribution in [0.15, 0.2) is 65.5 Å². The molecule has 2 aliphatic heterocycles. The van der Waals surface area contributed by atoms with E-state index in [1.165, 1.54) is 9.25 Å². The molecule has 0 radical (unpaired) electrons. The van der Waals surface area contributed by atoms with Crippen LogP contribution in [0.5, 0.6) is 5.75 Å². The smallest absolute Gasteiger partial charge is 0.263 e. The summed E-state index contributed by atoms with van der Waals surface area (Å²) in [5.41, 5.74) is 2.16. The number of nitrogens with zero attached hydrogens (tertiary/aromatic N) is 4. The van der Waals surface area contributed by atoms with Gasteiger partial charge in [-0.25, -0.2) is 9.67 Å². The minimum atomic E-state index is -1.14. The van der Waals surface area contributed by atoms with Crippen LogP contribution in [0.1, 0.15) is 66.7 Å². The van der Waals surface area contributed by atoms with Crippen molar-refractivity contribution in [3.8, 4) is 17.1 Å². The Balaban J connectivity index is 1.48. The molecule has 4 heterocycles. The minimum Gasteiger partial charge on any atom is -0.492 e. The number of aryl methyl sites for hydroxylation is 2. The van der Waals surface area contributed by atoms with Crippen molar-refractivity contribution < 1.29 is 23.9 Å². The number of fused-ring (bicyclic) bond motifs is 14. The molecule has 0 spiro atoms. The van der Waals surface area contributed by atoms with E-state index in [4.69, 9.17) is 4.74 Å². The van der Waals surface area contributed by atoms with Crippen molar-refractivity contribution in [3.05, 3.63) is 99.2 Å². The van der Waals surface area contributed by atoms with Gasteiger partial charge in [-0.1, -0.05) is 56.3 Å². The molecule has 3 atom stereocenters. The highest BCUT2D eigenvalue weighted by atomic mass is 16.5. The van der Waals surface area contributed by atoms with Crippen LogP contribution in [0, 0.1) is 19.8 Å². The fraction of sp³-hybridized carbons (Fsp3) is 0.395. The number of rotatable bonds is 5. The maximum absolute atomic E-state index is 14.1. The molecule has 52 heavy (non-hydrogen) atoms. The first-order valence-electron chi connectivity index (χ1n) is 17.5. The van der Waals surface area contributed by atoms with Gasteiger partial charge in [0.2, 0.25) is 17.7 Å². The van der Waals surface area contributed by atoms with E-state index in [-0.39, 0.29) is 43.5 Å². The molecule has 4 amide bonds. The Hall–Kier alpha value is -5.79. The van der Waals surface area contributed by atoms with Crippen LogP contribution < -0.4 is 31.6 Å². The molecule has 14 nitrogen and oxygen atoms in total. The van der Waals surface area contributed by atoms with Gasteiger partial charge in [0.05, 0.1) is 12.6 Å². The lowest BCUT2D eigenvalue weighted by Gasteiger charge is -2.27. The van der Waals surface area contributed by atoms with Crippen molar-refractivity contribution in [2.24, 2.45) is 5.92 Å². The van der Waals surface area contributed by atoms with Gasteiger partial charge < -0.3 is 30.6 Å². The van der Waals surface area contributed by atoms with Gasteiger partial charge in [-0.2, -0.15) is 5.10 Å². The quantitative estimate of drug-likeness (QED) is 0.244. The second-order valence-electron chi connectivity index (χ2n) is 13.2. The van der Waals surface area contributed by atoms with Gasteiger partial charge >= 0.3 is 0 Å². The van der Waals surface area contributed by atoms with Crippen molar-refractivity contribution in [1.82, 2.24) is 40.6 Å². The van der Waals surface area contributed by atoms with Gasteiger partial charge in [-0.3, -0.25) is 24.0 Å². The van der Waals surface area contributed by atoms with Gasteiger partial charge in [0.1, 0.15) is 42.4 Å². The van der Waals surface area contributed by atoms with Crippen LogP contribution in [-0.2, 0) is 33.9 Å². The zero-order valence-corrected chi connectivity index (χ0v) is 30.4. The van der Waals surface area contributed by atoms with E-state index < -0.39 is 41.4 Å². The fourth-order valence-electron chi connectivity index (χ4n) is 6.20. The monoisotopic (exact) mass is 710 g/mol. The van der Waals surface area contributed by atoms with Crippen molar-refractivity contribution in [3.63, 3.8) is 0 Å². The van der Waals surface area contributed by atoms with Crippen molar-refractivity contribution >= 4 is 23.6 Å². The number of benzene rings is 2. The van der Waals surface area contributed by atoms with E-state index in [2.05, 4.69) is 31.3 Å². The summed E-state index contributed by atoms with van der Waals surface area (Å²) < 4.78 is 8.79. The number of hydrogen-bond acceptors (Lipinski definition) is 8. The third-order valence-electron chi connectivity index (χ3n) is 8.94. The summed E-state index contributed by atoms with van der Waals surface area (Å²) in [6.45, 7) is 11.3. The van der Waals surface area contributed by atoms with E-state index in [1.54, 1.807) is 65.0 Å². The third kappa shape index (κ3) is 8.74. The van der Waals surface area contributed by atoms with Gasteiger partial charge in [0, 0.05) is 24.2 Å². The molecule has 2 aromatic carbocycles. The molecule has 2 aromatic heterocycles. The Kier molecular flexibility index (Phi) is 11.9. The number of nitrogens with one attached hydrogen (secondary N) is 4. The highest BCUT2D eigenvalue weighted by Gasteiger charge is 2.32. The molecule has 274 valence electrons. The summed E-state index contributed by atoms with van der Waals surface area (Å²) in [7, 11) is 0. The van der Waals surface area contributed by atoms with E-state index in [0.717, 1.165) is 11.3 Å². The van der Waals surface area contributed by atoms with Crippen LogP contribution >= 0.6 is 0 Å². The number of ether oxygens (including phenoxy) is 1. The van der Waals surface area contributed by atoms with E-state index in [9.17, 15) is 24.0 Å². The number of pyridine rings is 1. The molecule has 2 bridgehead atoms. The van der Waals surface area contributed by atoms with Gasteiger partial charge in [-0.05, 0) is 62.9 Å². The van der Waals surface area contributed by atoms with Gasteiger partial charge in [0.15, 0.2) is 5.82 Å². The molecular weight excluding hydrogens is 664 g/mol. The topological polar surface area (TPSA) is 178 Å². The average molecular weight is 711 g/mol. The van der Waals surface area contributed by atoms with Gasteiger partial charge in [-0.15, -0.1) is 0 Å². The fourth-order valence-corrected chi connectivity index (χ4v) is 6.20. The first-order valence-corrected chi connectivity index (χ1v) is 17.5. The Morgan fingerprint density at radius 2 is 1.71 bits per heavy atom. The van der Waals surface area contributed by atoms with Crippen LogP contribution in [0.25, 0.3) is 11.4 Å². The average Bonchev–Trinajstić information content (AvgIpc) is 3.53. The summed E-state index contributed by atoms with van der Waals surface area (Å²) in [5.74, 6) is -1.17. The Morgan fingerprint density at radius 3 is 2.38 bits per heavy atom. The van der Waals surface area contributed by atoms with E-state index >= 15 is 0 Å². The second kappa shape index (κ2) is 16.5. The minimum absolute atomic E-state index is 0.0477. The molecule has 0 saturated heterocycles. The van der Waals surface area contributed by atoms with Crippen molar-refractivity contribution in [1.29, 1.82) is 0 Å². The summed E-state index contributed by atoms with van der Waals surface area (Å²) in [5, 5.41) is 16.0. The first-order chi connectivity index (χ1) is 24.9. The predicted molar refractivity (Wildman–Crippen MR) is 195 cm³/mol. The van der Waals surface area contributed by atoms with E-state index in [0.29, 0.717) is 35.1 Å². The molecule has 0 saturated carbocycles. The molecule has 0 fully saturated rings. The lowest BCUT2D eigenvalue weighted by molar-refractivity contribution is -0.131.